The summed E-state index contributed by atoms with van der Waals surface area (Å²) in [5.41, 5.74) is 4.25. The highest BCUT2D eigenvalue weighted by Gasteiger charge is 2.28. The van der Waals surface area contributed by atoms with E-state index in [1.807, 2.05) is 18.3 Å². The second kappa shape index (κ2) is 5.53. The summed E-state index contributed by atoms with van der Waals surface area (Å²) in [7, 11) is 0. The van der Waals surface area contributed by atoms with Crippen molar-refractivity contribution >= 4 is 39.3 Å². The van der Waals surface area contributed by atoms with E-state index in [0.717, 1.165) is 51.7 Å². The van der Waals surface area contributed by atoms with Crippen LogP contribution in [0.15, 0.2) is 36.8 Å². The number of ketones is 1. The molecule has 22 heavy (non-hydrogen) atoms. The van der Waals surface area contributed by atoms with Gasteiger partial charge >= 0.3 is 0 Å². The van der Waals surface area contributed by atoms with Gasteiger partial charge in [0.25, 0.3) is 0 Å². The normalized spacial score (nSPS) is 17.6. The topological polar surface area (TPSA) is 50.7 Å². The zero-order chi connectivity index (χ0) is 15.1. The molecule has 0 radical (unpaired) electrons. The van der Waals surface area contributed by atoms with Crippen molar-refractivity contribution in [2.45, 2.75) is 23.8 Å². The van der Waals surface area contributed by atoms with Crippen LogP contribution in [0.1, 0.15) is 28.2 Å². The van der Waals surface area contributed by atoms with Gasteiger partial charge in [0.15, 0.2) is 5.78 Å². The molecule has 3 aromatic rings. The minimum Gasteiger partial charge on any atom is -0.348 e. The molecule has 1 aliphatic rings. The van der Waals surface area contributed by atoms with E-state index >= 15 is 0 Å². The van der Waals surface area contributed by atoms with Crippen molar-refractivity contribution in [2.75, 3.05) is 0 Å². The number of imidazole rings is 1. The summed E-state index contributed by atoms with van der Waals surface area (Å²) in [6.45, 7) is 0. The number of carbonyl (C=O) groups excluding carboxylic acids is 1. The van der Waals surface area contributed by atoms with Gasteiger partial charge in [0, 0.05) is 34.3 Å². The van der Waals surface area contributed by atoms with E-state index in [-0.39, 0.29) is 11.7 Å². The summed E-state index contributed by atoms with van der Waals surface area (Å²) in [4.78, 5) is 20.5. The fourth-order valence-electron chi connectivity index (χ4n) is 3.39. The SMILES string of the molecule is O=C(c1cn(CI)c2ccccc12)[C@@H]1CCc2nc[nH]c2C1. The van der Waals surface area contributed by atoms with Gasteiger partial charge in [-0.25, -0.2) is 4.98 Å². The van der Waals surface area contributed by atoms with E-state index < -0.39 is 0 Å². The highest BCUT2D eigenvalue weighted by Crippen LogP contribution is 2.30. The third-order valence-electron chi connectivity index (χ3n) is 4.54. The zero-order valence-electron chi connectivity index (χ0n) is 12.1. The fourth-order valence-corrected chi connectivity index (χ4v) is 3.95. The van der Waals surface area contributed by atoms with E-state index in [4.69, 9.17) is 0 Å². The molecule has 0 saturated carbocycles. The molecule has 1 aliphatic carbocycles. The van der Waals surface area contributed by atoms with Crippen LogP contribution in [-0.4, -0.2) is 20.3 Å². The molecule has 0 amide bonds. The van der Waals surface area contributed by atoms with E-state index in [2.05, 4.69) is 49.3 Å². The summed E-state index contributed by atoms with van der Waals surface area (Å²) < 4.78 is 2.99. The van der Waals surface area contributed by atoms with Crippen LogP contribution >= 0.6 is 22.6 Å². The number of alkyl halides is 1. The largest absolute Gasteiger partial charge is 0.348 e. The number of nitrogens with one attached hydrogen (secondary N) is 1. The smallest absolute Gasteiger partial charge is 0.168 e. The van der Waals surface area contributed by atoms with Crippen LogP contribution in [0.25, 0.3) is 10.9 Å². The monoisotopic (exact) mass is 405 g/mol. The zero-order valence-corrected chi connectivity index (χ0v) is 14.2. The molecule has 2 heterocycles. The lowest BCUT2D eigenvalue weighted by molar-refractivity contribution is 0.0909. The summed E-state index contributed by atoms with van der Waals surface area (Å²) in [6.07, 6.45) is 6.31. The van der Waals surface area contributed by atoms with Crippen LogP contribution in [0, 0.1) is 5.92 Å². The fraction of sp³-hybridized carbons (Fsp3) is 0.294. The van der Waals surface area contributed by atoms with Gasteiger partial charge in [0.05, 0.1) is 16.6 Å². The summed E-state index contributed by atoms with van der Waals surface area (Å²) in [5.74, 6) is 0.321. The first-order valence-corrected chi connectivity index (χ1v) is 8.99. The van der Waals surface area contributed by atoms with Crippen molar-refractivity contribution in [1.82, 2.24) is 14.5 Å². The number of fused-ring (bicyclic) bond motifs is 2. The predicted molar refractivity (Wildman–Crippen MR) is 94.4 cm³/mol. The van der Waals surface area contributed by atoms with E-state index in [9.17, 15) is 4.79 Å². The first kappa shape index (κ1) is 14.0. The van der Waals surface area contributed by atoms with Crippen molar-refractivity contribution in [3.8, 4) is 0 Å². The highest BCUT2D eigenvalue weighted by molar-refractivity contribution is 14.1. The Balaban J connectivity index is 1.72. The summed E-state index contributed by atoms with van der Waals surface area (Å²) in [5, 5.41) is 1.07. The molecule has 0 unspecified atom stereocenters. The summed E-state index contributed by atoms with van der Waals surface area (Å²) in [6, 6.07) is 8.16. The lowest BCUT2D eigenvalue weighted by atomic mass is 9.84. The number of hydrogen-bond donors (Lipinski definition) is 1. The Bertz CT molecular complexity index is 849. The van der Waals surface area contributed by atoms with E-state index in [0.29, 0.717) is 0 Å². The Morgan fingerprint density at radius 3 is 3.14 bits per heavy atom. The number of carbonyl (C=O) groups is 1. The molecule has 4 nitrogen and oxygen atoms in total. The minimum absolute atomic E-state index is 0.0569. The first-order chi connectivity index (χ1) is 10.8. The number of para-hydroxylation sites is 1. The van der Waals surface area contributed by atoms with Gasteiger partial charge in [-0.05, 0) is 25.3 Å². The van der Waals surface area contributed by atoms with Crippen LogP contribution < -0.4 is 0 Å². The van der Waals surface area contributed by atoms with E-state index in [1.54, 1.807) is 6.33 Å². The van der Waals surface area contributed by atoms with Crippen LogP contribution in [0.2, 0.25) is 0 Å². The molecule has 4 rings (SSSR count). The van der Waals surface area contributed by atoms with Crippen LogP contribution in [0.5, 0.6) is 0 Å². The number of aromatic amines is 1. The molecule has 1 atom stereocenters. The number of aromatic nitrogens is 3. The molecule has 0 saturated heterocycles. The maximum Gasteiger partial charge on any atom is 0.168 e. The second-order valence-corrected chi connectivity index (χ2v) is 6.46. The van der Waals surface area contributed by atoms with Crippen molar-refractivity contribution in [3.05, 3.63) is 53.7 Å². The minimum atomic E-state index is 0.0569. The average molecular weight is 405 g/mol. The third-order valence-corrected chi connectivity index (χ3v) is 5.28. The number of Topliss-reactive ketones (excluding diaryl/α,β-unsaturated/α-hetero) is 1. The number of halogens is 1. The van der Waals surface area contributed by atoms with Crippen LogP contribution in [0.4, 0.5) is 0 Å². The Labute approximate surface area is 142 Å². The Kier molecular flexibility index (Phi) is 3.52. The maximum atomic E-state index is 13.0. The molecule has 0 spiro atoms. The number of H-pyrrole nitrogens is 1. The molecule has 112 valence electrons. The molecule has 0 fully saturated rings. The molecule has 0 aliphatic heterocycles. The molecular weight excluding hydrogens is 389 g/mol. The number of nitrogens with zero attached hydrogens (tertiary/aromatic N) is 2. The molecule has 1 aromatic carbocycles. The average Bonchev–Trinajstić information content (AvgIpc) is 3.17. The van der Waals surface area contributed by atoms with Crippen molar-refractivity contribution in [2.24, 2.45) is 5.92 Å². The highest BCUT2D eigenvalue weighted by atomic mass is 127. The van der Waals surface area contributed by atoms with Crippen LogP contribution in [0.3, 0.4) is 0 Å². The first-order valence-electron chi connectivity index (χ1n) is 7.47. The van der Waals surface area contributed by atoms with Crippen molar-refractivity contribution < 1.29 is 4.79 Å². The van der Waals surface area contributed by atoms with Gasteiger partial charge in [0.2, 0.25) is 0 Å². The maximum absolute atomic E-state index is 13.0. The van der Waals surface area contributed by atoms with Gasteiger partial charge in [-0.15, -0.1) is 0 Å². The lowest BCUT2D eigenvalue weighted by Gasteiger charge is -2.19. The number of aryl methyl sites for hydroxylation is 1. The Morgan fingerprint density at radius 2 is 2.27 bits per heavy atom. The molecule has 2 aromatic heterocycles. The number of benzene rings is 1. The molecular formula is C17H16IN3O. The van der Waals surface area contributed by atoms with Gasteiger partial charge in [0.1, 0.15) is 0 Å². The third kappa shape index (κ3) is 2.18. The molecule has 0 bridgehead atoms. The van der Waals surface area contributed by atoms with Gasteiger partial charge < -0.3 is 9.55 Å². The Morgan fingerprint density at radius 1 is 1.41 bits per heavy atom. The predicted octanol–water partition coefficient (Wildman–Crippen LogP) is 3.74. The van der Waals surface area contributed by atoms with Gasteiger partial charge in [-0.1, -0.05) is 40.8 Å². The van der Waals surface area contributed by atoms with E-state index in [1.165, 1.54) is 0 Å². The van der Waals surface area contributed by atoms with Crippen molar-refractivity contribution in [1.29, 1.82) is 0 Å². The molecule has 1 N–H and O–H groups in total. The second-order valence-electron chi connectivity index (χ2n) is 5.78. The van der Waals surface area contributed by atoms with Gasteiger partial charge in [-0.2, -0.15) is 0 Å². The number of hydrogen-bond acceptors (Lipinski definition) is 2. The summed E-state index contributed by atoms with van der Waals surface area (Å²) >= 11 is 2.33. The quantitative estimate of drug-likeness (QED) is 0.410. The Hall–Kier alpha value is -1.63. The van der Waals surface area contributed by atoms with Crippen LogP contribution in [-0.2, 0) is 17.4 Å². The molecule has 5 heteroatoms. The van der Waals surface area contributed by atoms with Gasteiger partial charge in [-0.3, -0.25) is 4.79 Å². The lowest BCUT2D eigenvalue weighted by Crippen LogP contribution is -2.22. The number of rotatable bonds is 3. The van der Waals surface area contributed by atoms with Crippen molar-refractivity contribution in [3.63, 3.8) is 0 Å². The standard InChI is InChI=1S/C17H16IN3O/c18-9-21-8-13(12-3-1-2-4-16(12)21)17(22)11-5-6-14-15(7-11)20-10-19-14/h1-4,8,10-11H,5-7,9H2,(H,19,20)/t11-/m1/s1.